The first-order chi connectivity index (χ1) is 4.74. The molecule has 3 heteroatoms. The van der Waals surface area contributed by atoms with Crippen molar-refractivity contribution in [2.75, 3.05) is 13.1 Å². The molecule has 1 fully saturated rings. The smallest absolute Gasteiger partial charge is 0.0350 e. The van der Waals surface area contributed by atoms with Crippen LogP contribution in [0.4, 0.5) is 0 Å². The summed E-state index contributed by atoms with van der Waals surface area (Å²) in [5.41, 5.74) is 2.81. The molecule has 0 spiro atoms. The topological polar surface area (TPSA) is 41.3 Å². The number of likely N-dealkylation sites (tertiary alicyclic amines) is 1. The zero-order valence-electron chi connectivity index (χ0n) is 6.80. The van der Waals surface area contributed by atoms with Crippen LogP contribution in [-0.2, 0) is 0 Å². The number of nitrogens with zero attached hydrogens (tertiary/aromatic N) is 1. The minimum atomic E-state index is 0.516. The van der Waals surface area contributed by atoms with Gasteiger partial charge in [-0.3, -0.25) is 16.2 Å². The lowest BCUT2D eigenvalue weighted by Gasteiger charge is -2.19. The first kappa shape index (κ1) is 7.98. The van der Waals surface area contributed by atoms with Crippen LogP contribution in [-0.4, -0.2) is 30.1 Å². The molecule has 1 saturated heterocycles. The van der Waals surface area contributed by atoms with E-state index in [0.29, 0.717) is 12.1 Å². The summed E-state index contributed by atoms with van der Waals surface area (Å²) in [5.74, 6) is 5.32. The Kier molecular flexibility index (Phi) is 2.65. The van der Waals surface area contributed by atoms with E-state index in [4.69, 9.17) is 5.84 Å². The molecular formula is C7H17N3. The van der Waals surface area contributed by atoms with Gasteiger partial charge in [0.25, 0.3) is 0 Å². The van der Waals surface area contributed by atoms with Crippen LogP contribution in [0.3, 0.4) is 0 Å². The van der Waals surface area contributed by atoms with E-state index in [1.54, 1.807) is 0 Å². The van der Waals surface area contributed by atoms with Gasteiger partial charge in [0.15, 0.2) is 0 Å². The van der Waals surface area contributed by atoms with Gasteiger partial charge < -0.3 is 0 Å². The number of hydrazine groups is 1. The third kappa shape index (κ3) is 1.68. The van der Waals surface area contributed by atoms with Gasteiger partial charge in [-0.1, -0.05) is 0 Å². The van der Waals surface area contributed by atoms with Crippen molar-refractivity contribution in [3.8, 4) is 0 Å². The van der Waals surface area contributed by atoms with Crippen molar-refractivity contribution in [1.82, 2.24) is 10.3 Å². The van der Waals surface area contributed by atoms with Crippen LogP contribution in [0.5, 0.6) is 0 Å². The van der Waals surface area contributed by atoms with Gasteiger partial charge in [0.2, 0.25) is 0 Å². The van der Waals surface area contributed by atoms with Gasteiger partial charge in [-0.05, 0) is 20.3 Å². The van der Waals surface area contributed by atoms with Crippen molar-refractivity contribution in [3.05, 3.63) is 0 Å². The van der Waals surface area contributed by atoms with Crippen molar-refractivity contribution < 1.29 is 0 Å². The molecule has 1 aliphatic heterocycles. The maximum atomic E-state index is 5.32. The molecule has 10 heavy (non-hydrogen) atoms. The SMILES string of the molecule is CC(C)N1CC[C@H](NN)C1. The highest BCUT2D eigenvalue weighted by Gasteiger charge is 2.22. The Morgan fingerprint density at radius 2 is 2.30 bits per heavy atom. The van der Waals surface area contributed by atoms with Crippen molar-refractivity contribution in [2.45, 2.75) is 32.4 Å². The summed E-state index contributed by atoms with van der Waals surface area (Å²) in [6, 6.07) is 1.18. The molecule has 0 saturated carbocycles. The molecular weight excluding hydrogens is 126 g/mol. The van der Waals surface area contributed by atoms with Crippen LogP contribution >= 0.6 is 0 Å². The highest BCUT2D eigenvalue weighted by molar-refractivity contribution is 4.80. The summed E-state index contributed by atoms with van der Waals surface area (Å²) in [7, 11) is 0. The molecule has 0 aromatic heterocycles. The average molecular weight is 143 g/mol. The molecule has 0 bridgehead atoms. The van der Waals surface area contributed by atoms with E-state index in [1.165, 1.54) is 13.0 Å². The summed E-state index contributed by atoms with van der Waals surface area (Å²) in [6.45, 7) is 6.73. The Balaban J connectivity index is 2.28. The highest BCUT2D eigenvalue weighted by Crippen LogP contribution is 2.10. The largest absolute Gasteiger partial charge is 0.299 e. The molecule has 0 aliphatic carbocycles. The van der Waals surface area contributed by atoms with Crippen LogP contribution in [0.25, 0.3) is 0 Å². The zero-order chi connectivity index (χ0) is 7.56. The van der Waals surface area contributed by atoms with Gasteiger partial charge in [-0.25, -0.2) is 0 Å². The van der Waals surface area contributed by atoms with Crippen molar-refractivity contribution in [1.29, 1.82) is 0 Å². The minimum Gasteiger partial charge on any atom is -0.299 e. The predicted octanol–water partition coefficient (Wildman–Crippen LogP) is -0.0676. The van der Waals surface area contributed by atoms with Gasteiger partial charge in [-0.15, -0.1) is 0 Å². The first-order valence-electron chi connectivity index (χ1n) is 3.94. The van der Waals surface area contributed by atoms with E-state index < -0.39 is 0 Å². The van der Waals surface area contributed by atoms with E-state index in [2.05, 4.69) is 24.2 Å². The Hall–Kier alpha value is -0.120. The van der Waals surface area contributed by atoms with E-state index in [9.17, 15) is 0 Å². The Bertz CT molecular complexity index is 103. The molecule has 60 valence electrons. The lowest BCUT2D eigenvalue weighted by molar-refractivity contribution is 0.268. The van der Waals surface area contributed by atoms with Gasteiger partial charge >= 0.3 is 0 Å². The summed E-state index contributed by atoms with van der Waals surface area (Å²) < 4.78 is 0. The van der Waals surface area contributed by atoms with Crippen LogP contribution in [0.2, 0.25) is 0 Å². The Morgan fingerprint density at radius 3 is 2.60 bits per heavy atom. The Morgan fingerprint density at radius 1 is 1.60 bits per heavy atom. The Labute approximate surface area is 62.5 Å². The van der Waals surface area contributed by atoms with E-state index in [1.807, 2.05) is 0 Å². The number of nitrogens with two attached hydrogens (primary N) is 1. The molecule has 1 aliphatic rings. The molecule has 0 aromatic rings. The monoisotopic (exact) mass is 143 g/mol. The molecule has 1 rings (SSSR count). The predicted molar refractivity (Wildman–Crippen MR) is 42.4 cm³/mol. The van der Waals surface area contributed by atoms with Crippen molar-refractivity contribution in [3.63, 3.8) is 0 Å². The average Bonchev–Trinajstić information content (AvgIpc) is 2.34. The van der Waals surface area contributed by atoms with Gasteiger partial charge in [0.1, 0.15) is 0 Å². The summed E-state index contributed by atoms with van der Waals surface area (Å²) in [6.07, 6.45) is 1.19. The molecule has 0 unspecified atom stereocenters. The minimum absolute atomic E-state index is 0.516. The molecule has 0 aromatic carbocycles. The van der Waals surface area contributed by atoms with Gasteiger partial charge in [0, 0.05) is 25.2 Å². The molecule has 1 atom stereocenters. The fourth-order valence-electron chi connectivity index (χ4n) is 1.39. The summed E-state index contributed by atoms with van der Waals surface area (Å²) in [4.78, 5) is 2.44. The molecule has 0 radical (unpaired) electrons. The highest BCUT2D eigenvalue weighted by atomic mass is 15.3. The van der Waals surface area contributed by atoms with Crippen LogP contribution < -0.4 is 11.3 Å². The van der Waals surface area contributed by atoms with Crippen molar-refractivity contribution in [2.24, 2.45) is 5.84 Å². The van der Waals surface area contributed by atoms with Crippen molar-refractivity contribution >= 4 is 0 Å². The zero-order valence-corrected chi connectivity index (χ0v) is 6.80. The fraction of sp³-hybridized carbons (Fsp3) is 1.00. The van der Waals surface area contributed by atoms with E-state index in [-0.39, 0.29) is 0 Å². The van der Waals surface area contributed by atoms with E-state index >= 15 is 0 Å². The second kappa shape index (κ2) is 3.32. The standard InChI is InChI=1S/C7H17N3/c1-6(2)10-4-3-7(5-10)9-8/h6-7,9H,3-5,8H2,1-2H3/t7-/m0/s1. The maximum Gasteiger partial charge on any atom is 0.0350 e. The quantitative estimate of drug-likeness (QED) is 0.420. The molecule has 1 heterocycles. The first-order valence-corrected chi connectivity index (χ1v) is 3.94. The molecule has 0 amide bonds. The molecule has 3 nitrogen and oxygen atoms in total. The summed E-state index contributed by atoms with van der Waals surface area (Å²) >= 11 is 0. The van der Waals surface area contributed by atoms with Gasteiger partial charge in [0.05, 0.1) is 0 Å². The number of hydrogen-bond acceptors (Lipinski definition) is 3. The second-order valence-corrected chi connectivity index (χ2v) is 3.24. The van der Waals surface area contributed by atoms with Crippen LogP contribution in [0, 0.1) is 0 Å². The third-order valence-corrected chi connectivity index (χ3v) is 2.19. The van der Waals surface area contributed by atoms with Crippen LogP contribution in [0.15, 0.2) is 0 Å². The lowest BCUT2D eigenvalue weighted by atomic mass is 10.3. The third-order valence-electron chi connectivity index (χ3n) is 2.19. The van der Waals surface area contributed by atoms with Crippen LogP contribution in [0.1, 0.15) is 20.3 Å². The lowest BCUT2D eigenvalue weighted by Crippen LogP contribution is -2.38. The number of nitrogens with one attached hydrogen (secondary N) is 1. The molecule has 3 N–H and O–H groups in total. The maximum absolute atomic E-state index is 5.32. The number of hydrogen-bond donors (Lipinski definition) is 2. The number of rotatable bonds is 2. The summed E-state index contributed by atoms with van der Waals surface area (Å²) in [5, 5.41) is 0. The second-order valence-electron chi connectivity index (χ2n) is 3.24. The fourth-order valence-corrected chi connectivity index (χ4v) is 1.39. The normalized spacial score (nSPS) is 28.2. The van der Waals surface area contributed by atoms with E-state index in [0.717, 1.165) is 6.54 Å². The van der Waals surface area contributed by atoms with Gasteiger partial charge in [-0.2, -0.15) is 0 Å².